The van der Waals surface area contributed by atoms with Crippen LogP contribution in [0.15, 0.2) is 26.2 Å². The summed E-state index contributed by atoms with van der Waals surface area (Å²) in [5.74, 6) is 1.81. The molecule has 0 aliphatic carbocycles. The molecule has 0 aromatic carbocycles. The van der Waals surface area contributed by atoms with Crippen LogP contribution in [0.2, 0.25) is 0 Å². The van der Waals surface area contributed by atoms with Gasteiger partial charge in [0.05, 0.1) is 22.0 Å². The van der Waals surface area contributed by atoms with Crippen LogP contribution < -0.4 is 0 Å². The van der Waals surface area contributed by atoms with Crippen molar-refractivity contribution in [2.24, 2.45) is 0 Å². The lowest BCUT2D eigenvalue weighted by molar-refractivity contribution is 0.386. The predicted octanol–water partition coefficient (Wildman–Crippen LogP) is 1.59. The molecule has 0 N–H and O–H groups in total. The molecule has 6 heteroatoms. The topological polar surface area (TPSA) is 69.1 Å². The molecule has 0 aliphatic rings. The zero-order valence-electron chi connectivity index (χ0n) is 8.39. The molecule has 0 aliphatic heterocycles. The zero-order valence-corrected chi connectivity index (χ0v) is 9.21. The molecule has 15 heavy (non-hydrogen) atoms. The smallest absolute Gasteiger partial charge is 0.239 e. The lowest BCUT2D eigenvalue weighted by Crippen LogP contribution is -1.97. The highest BCUT2D eigenvalue weighted by Gasteiger charge is 2.13. The Morgan fingerprint density at radius 2 is 2.27 bits per heavy atom. The molecule has 2 heterocycles. The molecule has 2 aromatic heterocycles. The van der Waals surface area contributed by atoms with Crippen LogP contribution in [0.4, 0.5) is 0 Å². The highest BCUT2D eigenvalue weighted by atomic mass is 32.2. The molecule has 2 aromatic rings. The molecule has 0 spiro atoms. The minimum Gasteiger partial charge on any atom is -0.468 e. The van der Waals surface area contributed by atoms with Gasteiger partial charge in [-0.05, 0) is 19.9 Å². The summed E-state index contributed by atoms with van der Waals surface area (Å²) in [6.07, 6.45) is 1.52. The minimum absolute atomic E-state index is 0.223. The summed E-state index contributed by atoms with van der Waals surface area (Å²) < 4.78 is 21.8. The van der Waals surface area contributed by atoms with Crippen molar-refractivity contribution >= 4 is 10.8 Å². The van der Waals surface area contributed by atoms with Gasteiger partial charge in [-0.2, -0.15) is 4.98 Å². The van der Waals surface area contributed by atoms with Crippen molar-refractivity contribution < 1.29 is 13.1 Å². The van der Waals surface area contributed by atoms with Crippen molar-refractivity contribution in [1.29, 1.82) is 0 Å². The number of hydrogen-bond acceptors (Lipinski definition) is 5. The van der Waals surface area contributed by atoms with Gasteiger partial charge in [0.25, 0.3) is 0 Å². The molecular weight excluding hydrogens is 216 g/mol. The number of nitrogens with zero attached hydrogens (tertiary/aromatic N) is 2. The van der Waals surface area contributed by atoms with E-state index in [0.29, 0.717) is 22.4 Å². The Morgan fingerprint density at radius 3 is 2.80 bits per heavy atom. The van der Waals surface area contributed by atoms with Gasteiger partial charge in [-0.1, -0.05) is 5.16 Å². The Bertz CT molecular complexity index is 489. The van der Waals surface area contributed by atoms with Crippen molar-refractivity contribution in [3.63, 3.8) is 0 Å². The first-order valence-corrected chi connectivity index (χ1v) is 5.70. The average Bonchev–Trinajstić information content (AvgIpc) is 2.75. The summed E-state index contributed by atoms with van der Waals surface area (Å²) in [5.41, 5.74) is 0. The fraction of sp³-hybridized carbons (Fsp3) is 0.333. The SMILES string of the molecule is Cc1noc(CS(=O)c2ccoc2C)n1. The second-order valence-corrected chi connectivity index (χ2v) is 4.49. The van der Waals surface area contributed by atoms with Gasteiger partial charge in [0, 0.05) is 0 Å². The van der Waals surface area contributed by atoms with Crippen molar-refractivity contribution in [3.05, 3.63) is 29.8 Å². The summed E-state index contributed by atoms with van der Waals surface area (Å²) in [6, 6.07) is 1.69. The highest BCUT2D eigenvalue weighted by molar-refractivity contribution is 7.84. The molecule has 0 bridgehead atoms. The molecule has 2 rings (SSSR count). The van der Waals surface area contributed by atoms with E-state index < -0.39 is 10.8 Å². The maximum atomic E-state index is 11.8. The largest absolute Gasteiger partial charge is 0.468 e. The van der Waals surface area contributed by atoms with E-state index in [1.807, 2.05) is 0 Å². The van der Waals surface area contributed by atoms with Crippen molar-refractivity contribution in [2.45, 2.75) is 24.5 Å². The number of aromatic nitrogens is 2. The van der Waals surface area contributed by atoms with Crippen LogP contribution in [0.25, 0.3) is 0 Å². The summed E-state index contributed by atoms with van der Waals surface area (Å²) in [5, 5.41) is 3.63. The lowest BCUT2D eigenvalue weighted by Gasteiger charge is -1.95. The van der Waals surface area contributed by atoms with Crippen molar-refractivity contribution in [3.8, 4) is 0 Å². The number of rotatable bonds is 3. The van der Waals surface area contributed by atoms with Gasteiger partial charge in [-0.3, -0.25) is 4.21 Å². The third-order valence-corrected chi connectivity index (χ3v) is 3.30. The van der Waals surface area contributed by atoms with Crippen LogP contribution in [-0.4, -0.2) is 14.3 Å². The van der Waals surface area contributed by atoms with Gasteiger partial charge in [0.15, 0.2) is 5.82 Å². The van der Waals surface area contributed by atoms with E-state index in [1.165, 1.54) is 6.26 Å². The molecule has 1 unspecified atom stereocenters. The lowest BCUT2D eigenvalue weighted by atomic mass is 10.5. The van der Waals surface area contributed by atoms with E-state index in [2.05, 4.69) is 10.1 Å². The van der Waals surface area contributed by atoms with Gasteiger partial charge >= 0.3 is 0 Å². The van der Waals surface area contributed by atoms with Crippen LogP contribution in [0.1, 0.15) is 17.5 Å². The summed E-state index contributed by atoms with van der Waals surface area (Å²) in [7, 11) is -1.19. The van der Waals surface area contributed by atoms with Gasteiger partial charge < -0.3 is 8.94 Å². The van der Waals surface area contributed by atoms with E-state index in [9.17, 15) is 4.21 Å². The average molecular weight is 226 g/mol. The second-order valence-electron chi connectivity index (χ2n) is 3.07. The predicted molar refractivity (Wildman–Crippen MR) is 52.6 cm³/mol. The van der Waals surface area contributed by atoms with Crippen LogP contribution in [0.5, 0.6) is 0 Å². The maximum absolute atomic E-state index is 11.8. The Balaban J connectivity index is 2.14. The number of aryl methyl sites for hydroxylation is 2. The second kappa shape index (κ2) is 3.98. The van der Waals surface area contributed by atoms with Gasteiger partial charge in [-0.25, -0.2) is 0 Å². The molecule has 0 saturated carbocycles. The quantitative estimate of drug-likeness (QED) is 0.794. The Kier molecular flexibility index (Phi) is 2.68. The normalized spacial score (nSPS) is 12.9. The molecule has 0 fully saturated rings. The van der Waals surface area contributed by atoms with E-state index >= 15 is 0 Å². The van der Waals surface area contributed by atoms with Crippen LogP contribution in [-0.2, 0) is 16.6 Å². The summed E-state index contributed by atoms with van der Waals surface area (Å²) >= 11 is 0. The minimum atomic E-state index is -1.19. The molecule has 5 nitrogen and oxygen atoms in total. The number of hydrogen-bond donors (Lipinski definition) is 0. The van der Waals surface area contributed by atoms with Crippen LogP contribution >= 0.6 is 0 Å². The molecule has 0 radical (unpaired) electrons. The van der Waals surface area contributed by atoms with E-state index in [4.69, 9.17) is 8.94 Å². The Morgan fingerprint density at radius 1 is 1.47 bits per heavy atom. The highest BCUT2D eigenvalue weighted by Crippen LogP contribution is 2.16. The third-order valence-electron chi connectivity index (χ3n) is 1.88. The van der Waals surface area contributed by atoms with Crippen molar-refractivity contribution in [1.82, 2.24) is 10.1 Å². The molecule has 80 valence electrons. The first-order valence-electron chi connectivity index (χ1n) is 4.38. The van der Waals surface area contributed by atoms with Gasteiger partial charge in [0.1, 0.15) is 11.5 Å². The Hall–Kier alpha value is -1.43. The monoisotopic (exact) mass is 226 g/mol. The van der Waals surface area contributed by atoms with E-state index in [1.54, 1.807) is 19.9 Å². The van der Waals surface area contributed by atoms with Crippen molar-refractivity contribution in [2.75, 3.05) is 0 Å². The van der Waals surface area contributed by atoms with Crippen LogP contribution in [0.3, 0.4) is 0 Å². The Labute approximate surface area is 88.9 Å². The van der Waals surface area contributed by atoms with E-state index in [0.717, 1.165) is 0 Å². The zero-order chi connectivity index (χ0) is 10.8. The van der Waals surface area contributed by atoms with Crippen LogP contribution in [0, 0.1) is 13.8 Å². The first kappa shape index (κ1) is 10.1. The standard InChI is InChI=1S/C9H10N2O3S/c1-6-8(3-4-13-6)15(12)5-9-10-7(2)11-14-9/h3-4H,5H2,1-2H3. The molecule has 0 amide bonds. The fourth-order valence-corrected chi connectivity index (χ4v) is 2.27. The summed E-state index contributed by atoms with van der Waals surface area (Å²) in [6.45, 7) is 3.49. The third kappa shape index (κ3) is 2.15. The van der Waals surface area contributed by atoms with Gasteiger partial charge in [0.2, 0.25) is 5.89 Å². The fourth-order valence-electron chi connectivity index (χ4n) is 1.20. The van der Waals surface area contributed by atoms with Gasteiger partial charge in [-0.15, -0.1) is 0 Å². The molecular formula is C9H10N2O3S. The maximum Gasteiger partial charge on any atom is 0.239 e. The first-order chi connectivity index (χ1) is 7.16. The number of furan rings is 1. The van der Waals surface area contributed by atoms with E-state index in [-0.39, 0.29) is 5.75 Å². The summed E-state index contributed by atoms with van der Waals surface area (Å²) in [4.78, 5) is 4.66. The molecule has 0 saturated heterocycles. The molecule has 1 atom stereocenters.